The first-order chi connectivity index (χ1) is 9.01. The average Bonchev–Trinajstić information content (AvgIpc) is 2.79. The lowest BCUT2D eigenvalue weighted by Crippen LogP contribution is -2.10. The van der Waals surface area contributed by atoms with Gasteiger partial charge in [0.05, 0.1) is 5.25 Å². The van der Waals surface area contributed by atoms with E-state index in [1.807, 2.05) is 39.8 Å². The number of rotatable bonds is 4. The molecule has 5 heteroatoms. The molecule has 102 valence electrons. The number of thioether (sulfide) groups is 1. The van der Waals surface area contributed by atoms with Crippen molar-refractivity contribution in [3.63, 3.8) is 0 Å². The van der Waals surface area contributed by atoms with Gasteiger partial charge in [-0.25, -0.2) is 9.97 Å². The van der Waals surface area contributed by atoms with Gasteiger partial charge < -0.3 is 10.2 Å². The molecule has 2 heterocycles. The van der Waals surface area contributed by atoms with Crippen molar-refractivity contribution in [3.8, 4) is 0 Å². The van der Waals surface area contributed by atoms with Gasteiger partial charge in [-0.3, -0.25) is 0 Å². The van der Waals surface area contributed by atoms with Gasteiger partial charge in [0.15, 0.2) is 5.16 Å². The lowest BCUT2D eigenvalue weighted by molar-refractivity contribution is 0.481. The number of hydrogen-bond acceptors (Lipinski definition) is 5. The Bertz CT molecular complexity index is 557. The summed E-state index contributed by atoms with van der Waals surface area (Å²) < 4.78 is 5.64. The van der Waals surface area contributed by atoms with Crippen LogP contribution in [-0.4, -0.2) is 16.5 Å². The van der Waals surface area contributed by atoms with E-state index < -0.39 is 0 Å². The molecule has 0 aliphatic carbocycles. The predicted octanol–water partition coefficient (Wildman–Crippen LogP) is 3.10. The molecule has 0 saturated carbocycles. The standard InChI is InChI=1S/C14H19N3OS/c1-8-5-6-12(18-8)13(7-15)19-14-16-10(3)9(2)11(4)17-14/h5-6,13H,7,15H2,1-4H3. The Morgan fingerprint density at radius 1 is 1.16 bits per heavy atom. The molecule has 0 amide bonds. The highest BCUT2D eigenvalue weighted by Crippen LogP contribution is 2.33. The highest BCUT2D eigenvalue weighted by molar-refractivity contribution is 7.99. The van der Waals surface area contributed by atoms with Gasteiger partial charge in [0.1, 0.15) is 11.5 Å². The molecule has 0 radical (unpaired) electrons. The van der Waals surface area contributed by atoms with E-state index in [9.17, 15) is 0 Å². The Morgan fingerprint density at radius 2 is 1.79 bits per heavy atom. The van der Waals surface area contributed by atoms with Crippen LogP contribution in [0.25, 0.3) is 0 Å². The van der Waals surface area contributed by atoms with E-state index in [2.05, 4.69) is 9.97 Å². The monoisotopic (exact) mass is 277 g/mol. The Labute approximate surface area is 117 Å². The van der Waals surface area contributed by atoms with Crippen LogP contribution in [0.15, 0.2) is 21.7 Å². The lowest BCUT2D eigenvalue weighted by Gasteiger charge is -2.12. The van der Waals surface area contributed by atoms with Gasteiger partial charge in [0.25, 0.3) is 0 Å². The molecule has 2 rings (SSSR count). The van der Waals surface area contributed by atoms with E-state index in [0.717, 1.165) is 33.6 Å². The summed E-state index contributed by atoms with van der Waals surface area (Å²) in [5.74, 6) is 1.77. The fraction of sp³-hybridized carbons (Fsp3) is 0.429. The molecule has 0 fully saturated rings. The third-order valence-electron chi connectivity index (χ3n) is 3.15. The van der Waals surface area contributed by atoms with E-state index in [1.54, 1.807) is 11.8 Å². The molecule has 0 aliphatic heterocycles. The van der Waals surface area contributed by atoms with E-state index in [1.165, 1.54) is 0 Å². The SMILES string of the molecule is Cc1ccc(C(CN)Sc2nc(C)c(C)c(C)n2)o1. The molecule has 0 aromatic carbocycles. The number of nitrogens with zero attached hydrogens (tertiary/aromatic N) is 2. The first kappa shape index (κ1) is 14.1. The second kappa shape index (κ2) is 5.75. The van der Waals surface area contributed by atoms with E-state index in [0.29, 0.717) is 6.54 Å². The molecule has 4 nitrogen and oxygen atoms in total. The van der Waals surface area contributed by atoms with Crippen molar-refractivity contribution in [1.29, 1.82) is 0 Å². The van der Waals surface area contributed by atoms with Crippen molar-refractivity contribution in [2.45, 2.75) is 38.1 Å². The molecule has 19 heavy (non-hydrogen) atoms. The van der Waals surface area contributed by atoms with Gasteiger partial charge in [-0.1, -0.05) is 11.8 Å². The zero-order valence-electron chi connectivity index (χ0n) is 11.7. The summed E-state index contributed by atoms with van der Waals surface area (Å²) >= 11 is 1.55. The van der Waals surface area contributed by atoms with Gasteiger partial charge >= 0.3 is 0 Å². The zero-order chi connectivity index (χ0) is 14.0. The van der Waals surface area contributed by atoms with Crippen LogP contribution >= 0.6 is 11.8 Å². The Hall–Kier alpha value is -1.33. The Balaban J connectivity index is 2.23. The van der Waals surface area contributed by atoms with E-state index >= 15 is 0 Å². The number of furan rings is 1. The number of nitrogens with two attached hydrogens (primary N) is 1. The quantitative estimate of drug-likeness (QED) is 0.687. The van der Waals surface area contributed by atoms with Crippen molar-refractivity contribution in [1.82, 2.24) is 9.97 Å². The van der Waals surface area contributed by atoms with Crippen LogP contribution in [-0.2, 0) is 0 Å². The summed E-state index contributed by atoms with van der Waals surface area (Å²) in [5, 5.41) is 0.806. The third kappa shape index (κ3) is 3.16. The van der Waals surface area contributed by atoms with E-state index in [4.69, 9.17) is 10.2 Å². The summed E-state index contributed by atoms with van der Waals surface area (Å²) in [7, 11) is 0. The fourth-order valence-corrected chi connectivity index (χ4v) is 2.74. The van der Waals surface area contributed by atoms with Gasteiger partial charge in [-0.15, -0.1) is 0 Å². The largest absolute Gasteiger partial charge is 0.465 e. The zero-order valence-corrected chi connectivity index (χ0v) is 12.5. The van der Waals surface area contributed by atoms with E-state index in [-0.39, 0.29) is 5.25 Å². The number of aromatic nitrogens is 2. The maximum atomic E-state index is 5.83. The third-order valence-corrected chi connectivity index (χ3v) is 4.26. The second-order valence-corrected chi connectivity index (χ2v) is 5.76. The summed E-state index contributed by atoms with van der Waals surface area (Å²) in [6.07, 6.45) is 0. The van der Waals surface area contributed by atoms with Crippen molar-refractivity contribution in [2.24, 2.45) is 5.73 Å². The van der Waals surface area contributed by atoms with Crippen LogP contribution in [0.2, 0.25) is 0 Å². The molecule has 2 aromatic rings. The number of hydrogen-bond donors (Lipinski definition) is 1. The topological polar surface area (TPSA) is 64.9 Å². The van der Waals surface area contributed by atoms with Crippen molar-refractivity contribution >= 4 is 11.8 Å². The normalized spacial score (nSPS) is 12.7. The summed E-state index contributed by atoms with van der Waals surface area (Å²) in [6, 6.07) is 3.92. The van der Waals surface area contributed by atoms with Crippen LogP contribution in [0.5, 0.6) is 0 Å². The molecule has 0 aliphatic rings. The smallest absolute Gasteiger partial charge is 0.188 e. The molecular weight excluding hydrogens is 258 g/mol. The van der Waals surface area contributed by atoms with Gasteiger partial charge in [-0.05, 0) is 45.4 Å². The maximum absolute atomic E-state index is 5.83. The minimum Gasteiger partial charge on any atom is -0.465 e. The summed E-state index contributed by atoms with van der Waals surface area (Å²) in [5.41, 5.74) is 9.00. The Morgan fingerprint density at radius 3 is 2.26 bits per heavy atom. The average molecular weight is 277 g/mol. The molecule has 0 bridgehead atoms. The van der Waals surface area contributed by atoms with Crippen LogP contribution in [0.3, 0.4) is 0 Å². The predicted molar refractivity (Wildman–Crippen MR) is 77.3 cm³/mol. The van der Waals surface area contributed by atoms with Crippen molar-refractivity contribution < 1.29 is 4.42 Å². The minimum atomic E-state index is 0.0511. The molecule has 1 atom stereocenters. The van der Waals surface area contributed by atoms with Gasteiger partial charge in [-0.2, -0.15) is 0 Å². The van der Waals surface area contributed by atoms with Crippen molar-refractivity contribution in [3.05, 3.63) is 40.6 Å². The molecular formula is C14H19N3OS. The first-order valence-corrected chi connectivity index (χ1v) is 7.14. The number of aryl methyl sites for hydroxylation is 3. The van der Waals surface area contributed by atoms with Crippen LogP contribution in [0, 0.1) is 27.7 Å². The highest BCUT2D eigenvalue weighted by Gasteiger charge is 2.17. The van der Waals surface area contributed by atoms with Gasteiger partial charge in [0.2, 0.25) is 0 Å². The van der Waals surface area contributed by atoms with Crippen molar-refractivity contribution in [2.75, 3.05) is 6.54 Å². The molecule has 0 saturated heterocycles. The second-order valence-electron chi connectivity index (χ2n) is 4.59. The highest BCUT2D eigenvalue weighted by atomic mass is 32.2. The maximum Gasteiger partial charge on any atom is 0.188 e. The summed E-state index contributed by atoms with van der Waals surface area (Å²) in [4.78, 5) is 9.02. The molecule has 0 spiro atoms. The first-order valence-electron chi connectivity index (χ1n) is 6.26. The van der Waals surface area contributed by atoms with Crippen LogP contribution in [0.4, 0.5) is 0 Å². The van der Waals surface area contributed by atoms with Crippen LogP contribution in [0.1, 0.15) is 33.7 Å². The van der Waals surface area contributed by atoms with Crippen LogP contribution < -0.4 is 5.73 Å². The molecule has 2 aromatic heterocycles. The lowest BCUT2D eigenvalue weighted by atomic mass is 10.2. The summed E-state index contributed by atoms with van der Waals surface area (Å²) in [6.45, 7) is 8.46. The Kier molecular flexibility index (Phi) is 4.27. The minimum absolute atomic E-state index is 0.0511. The molecule has 2 N–H and O–H groups in total. The fourth-order valence-electron chi connectivity index (χ4n) is 1.77. The molecule has 1 unspecified atom stereocenters. The van der Waals surface area contributed by atoms with Gasteiger partial charge in [0, 0.05) is 17.9 Å².